The molecule has 1 heterocycles. The topological polar surface area (TPSA) is 275 Å². The second-order valence-electron chi connectivity index (χ2n) is 13.3. The Balaban J connectivity index is 1.69. The van der Waals surface area contributed by atoms with E-state index in [1.54, 1.807) is 0 Å². The molecular formula is C36H58N5O14P. The van der Waals surface area contributed by atoms with Crippen LogP contribution in [0.25, 0.3) is 11.0 Å². The summed E-state index contributed by atoms with van der Waals surface area (Å²) < 4.78 is 31.6. The van der Waals surface area contributed by atoms with E-state index in [-0.39, 0.29) is 29.6 Å². The molecule has 0 aliphatic heterocycles. The van der Waals surface area contributed by atoms with E-state index >= 15 is 0 Å². The molecule has 19 nitrogen and oxygen atoms in total. The number of nitrogens with zero attached hydrogens (tertiary/aromatic N) is 3. The number of esters is 1. The number of carboxylic acid groups (broad SMARTS) is 1. The molecule has 1 unspecified atom stereocenters. The molecule has 0 saturated carbocycles. The molecule has 3 atom stereocenters. The lowest BCUT2D eigenvalue weighted by Gasteiger charge is -2.19. The molecule has 0 saturated heterocycles. The van der Waals surface area contributed by atoms with E-state index in [0.717, 1.165) is 38.5 Å². The first-order valence-electron chi connectivity index (χ1n) is 19.3. The van der Waals surface area contributed by atoms with Crippen molar-refractivity contribution in [3.8, 4) is 0 Å². The molecule has 316 valence electrons. The molecule has 0 aliphatic carbocycles. The van der Waals surface area contributed by atoms with Crippen molar-refractivity contribution >= 4 is 48.1 Å². The van der Waals surface area contributed by atoms with E-state index in [4.69, 9.17) is 29.9 Å². The van der Waals surface area contributed by atoms with Crippen molar-refractivity contribution in [2.75, 3.05) is 31.7 Å². The maximum atomic E-state index is 12.4. The molecule has 0 spiro atoms. The van der Waals surface area contributed by atoms with Gasteiger partial charge in [0.15, 0.2) is 11.6 Å². The highest BCUT2D eigenvalue weighted by Gasteiger charge is 2.28. The first kappa shape index (κ1) is 48.1. The number of phosphoric acid groups is 1. The summed E-state index contributed by atoms with van der Waals surface area (Å²) in [4.78, 5) is 66.1. The molecule has 0 radical (unpaired) electrons. The Morgan fingerprint density at radius 3 is 2.12 bits per heavy atom. The van der Waals surface area contributed by atoms with Gasteiger partial charge < -0.3 is 25.8 Å². The Morgan fingerprint density at radius 2 is 1.46 bits per heavy atom. The minimum Gasteiger partial charge on any atom is -0.480 e. The van der Waals surface area contributed by atoms with Crippen LogP contribution in [0.1, 0.15) is 122 Å². The molecular weight excluding hydrogens is 757 g/mol. The second-order valence-corrected chi connectivity index (χ2v) is 14.7. The number of rotatable bonds is 34. The van der Waals surface area contributed by atoms with Gasteiger partial charge >= 0.3 is 31.4 Å². The zero-order valence-electron chi connectivity index (χ0n) is 32.2. The Kier molecular flexibility index (Phi) is 24.4. The van der Waals surface area contributed by atoms with Gasteiger partial charge in [0.1, 0.15) is 12.6 Å². The summed E-state index contributed by atoms with van der Waals surface area (Å²) >= 11 is 0. The number of nitro benzene ring substituents is 1. The number of nitrogens with two attached hydrogens (primary N) is 1. The maximum absolute atomic E-state index is 12.4. The fourth-order valence-corrected chi connectivity index (χ4v) is 6.04. The minimum atomic E-state index is -4.81. The number of nitro groups is 1. The SMILES string of the molecule is CCCCCCCC/C=C\CCCCCCCC(=O)OC[C@H](COP(=O)(O)OC[C@H](N)C(=O)O)OOC(=O)CCCCCNc1ccc([N+](=O)[O-])c2nonc12. The van der Waals surface area contributed by atoms with Crippen molar-refractivity contribution in [1.29, 1.82) is 0 Å². The predicted octanol–water partition coefficient (Wildman–Crippen LogP) is 7.07. The predicted molar refractivity (Wildman–Crippen MR) is 204 cm³/mol. The van der Waals surface area contributed by atoms with Gasteiger partial charge in [0.25, 0.3) is 0 Å². The monoisotopic (exact) mass is 815 g/mol. The van der Waals surface area contributed by atoms with Crippen LogP contribution in [0.2, 0.25) is 0 Å². The summed E-state index contributed by atoms with van der Waals surface area (Å²) in [5.41, 5.74) is 5.81. The maximum Gasteiger partial charge on any atom is 0.472 e. The lowest BCUT2D eigenvalue weighted by atomic mass is 10.1. The highest BCUT2D eigenvalue weighted by Crippen LogP contribution is 2.43. The molecule has 2 rings (SSSR count). The summed E-state index contributed by atoms with van der Waals surface area (Å²) in [6.07, 6.45) is 19.4. The van der Waals surface area contributed by atoms with E-state index in [1.807, 2.05) is 0 Å². The third kappa shape index (κ3) is 21.3. The van der Waals surface area contributed by atoms with Crippen molar-refractivity contribution in [3.05, 3.63) is 34.4 Å². The summed E-state index contributed by atoms with van der Waals surface area (Å²) in [5.74, 6) is -2.76. The van der Waals surface area contributed by atoms with Gasteiger partial charge in [-0.15, -0.1) is 0 Å². The number of ether oxygens (including phenoxy) is 1. The number of carbonyl (C=O) groups excluding carboxylic acids is 2. The summed E-state index contributed by atoms with van der Waals surface area (Å²) in [5, 5.41) is 30.4. The number of unbranched alkanes of at least 4 members (excludes halogenated alkanes) is 13. The second kappa shape index (κ2) is 28.4. The third-order valence-corrected chi connectivity index (χ3v) is 9.42. The number of nitrogens with one attached hydrogen (secondary N) is 1. The van der Waals surface area contributed by atoms with Crippen LogP contribution in [0, 0.1) is 10.1 Å². The molecule has 20 heteroatoms. The number of anilines is 1. The largest absolute Gasteiger partial charge is 0.480 e. The van der Waals surface area contributed by atoms with Crippen LogP contribution in [0.3, 0.4) is 0 Å². The first-order chi connectivity index (χ1) is 26.9. The molecule has 1 aromatic carbocycles. The van der Waals surface area contributed by atoms with Crippen LogP contribution >= 0.6 is 7.82 Å². The van der Waals surface area contributed by atoms with Gasteiger partial charge in [-0.05, 0) is 61.3 Å². The Hall–Kier alpha value is -4.00. The van der Waals surface area contributed by atoms with Crippen LogP contribution in [-0.2, 0) is 42.5 Å². The third-order valence-electron chi connectivity index (χ3n) is 8.47. The fourth-order valence-electron chi connectivity index (χ4n) is 5.26. The van der Waals surface area contributed by atoms with Crippen LogP contribution < -0.4 is 11.1 Å². The summed E-state index contributed by atoms with van der Waals surface area (Å²) in [7, 11) is -4.81. The van der Waals surface area contributed by atoms with Gasteiger partial charge in [-0.2, -0.15) is 4.89 Å². The lowest BCUT2D eigenvalue weighted by molar-refractivity contribution is -0.383. The molecule has 0 amide bonds. The highest BCUT2D eigenvalue weighted by molar-refractivity contribution is 7.47. The van der Waals surface area contributed by atoms with Gasteiger partial charge in [-0.3, -0.25) is 33.6 Å². The summed E-state index contributed by atoms with van der Waals surface area (Å²) in [6.45, 7) is 0.660. The van der Waals surface area contributed by atoms with Gasteiger partial charge in [-0.1, -0.05) is 76.9 Å². The van der Waals surface area contributed by atoms with E-state index in [2.05, 4.69) is 43.9 Å². The van der Waals surface area contributed by atoms with Crippen molar-refractivity contribution in [2.24, 2.45) is 5.73 Å². The number of allylic oxidation sites excluding steroid dienone is 2. The average Bonchev–Trinajstić information content (AvgIpc) is 3.67. The normalized spacial score (nSPS) is 13.7. The molecule has 5 N–H and O–H groups in total. The number of carboxylic acids is 1. The Bertz CT molecular complexity index is 1540. The number of hydrogen-bond acceptors (Lipinski definition) is 16. The number of aliphatic carboxylic acids is 1. The Labute approximate surface area is 326 Å². The quantitative estimate of drug-likeness (QED) is 0.0104. The van der Waals surface area contributed by atoms with Gasteiger partial charge in [-0.25, -0.2) is 14.0 Å². The lowest BCUT2D eigenvalue weighted by Crippen LogP contribution is -2.34. The van der Waals surface area contributed by atoms with E-state index in [9.17, 15) is 34.0 Å². The average molecular weight is 816 g/mol. The van der Waals surface area contributed by atoms with Gasteiger partial charge in [0, 0.05) is 25.5 Å². The van der Waals surface area contributed by atoms with Crippen molar-refractivity contribution in [1.82, 2.24) is 10.3 Å². The van der Waals surface area contributed by atoms with E-state index < -0.39 is 62.6 Å². The zero-order chi connectivity index (χ0) is 41.0. The van der Waals surface area contributed by atoms with Crippen molar-refractivity contribution < 1.29 is 62.1 Å². The van der Waals surface area contributed by atoms with Gasteiger partial charge in [0.05, 0.1) is 23.8 Å². The fraction of sp³-hybridized carbons (Fsp3) is 0.694. The number of hydrogen-bond donors (Lipinski definition) is 4. The number of carbonyl (C=O) groups is 3. The molecule has 56 heavy (non-hydrogen) atoms. The highest BCUT2D eigenvalue weighted by atomic mass is 31.2. The van der Waals surface area contributed by atoms with Crippen LogP contribution in [0.15, 0.2) is 28.9 Å². The number of aromatic nitrogens is 2. The number of non-ortho nitro benzene ring substituents is 1. The Morgan fingerprint density at radius 1 is 0.875 bits per heavy atom. The van der Waals surface area contributed by atoms with Crippen molar-refractivity contribution in [2.45, 2.75) is 135 Å². The van der Waals surface area contributed by atoms with Crippen molar-refractivity contribution in [3.63, 3.8) is 0 Å². The number of fused-ring (bicyclic) bond motifs is 1. The summed E-state index contributed by atoms with van der Waals surface area (Å²) in [6, 6.07) is 1.22. The first-order valence-corrected chi connectivity index (χ1v) is 20.8. The van der Waals surface area contributed by atoms with Gasteiger partial charge in [0.2, 0.25) is 5.52 Å². The number of phosphoric ester groups is 1. The molecule has 0 fully saturated rings. The van der Waals surface area contributed by atoms with Crippen LogP contribution in [-0.4, -0.2) is 81.7 Å². The van der Waals surface area contributed by atoms with E-state index in [1.165, 1.54) is 50.7 Å². The molecule has 0 bridgehead atoms. The molecule has 0 aliphatic rings. The zero-order valence-corrected chi connectivity index (χ0v) is 33.1. The van der Waals surface area contributed by atoms with Crippen LogP contribution in [0.5, 0.6) is 0 Å². The number of benzene rings is 1. The molecule has 2 aromatic rings. The van der Waals surface area contributed by atoms with E-state index in [0.29, 0.717) is 37.9 Å². The molecule has 1 aromatic heterocycles. The van der Waals surface area contributed by atoms with Crippen LogP contribution in [0.4, 0.5) is 11.4 Å². The smallest absolute Gasteiger partial charge is 0.472 e. The standard InChI is InChI=1S/C36H58N5O14P/c1-2-3-4-5-6-7-8-9-10-11-12-13-14-15-17-20-32(42)50-25-28(26-51-56(48,49)52-27-29(37)36(44)45)53-54-33(43)21-18-16-19-24-38-30-22-23-31(41(46)47)35-34(30)39-55-40-35/h9-10,22-23,28-29,38H,2-8,11-21,24-27,37H2,1H3,(H,44,45)(H,48,49)/b10-9-/t28-,29+/m1/s1. The minimum absolute atomic E-state index is 0.0244.